The molecule has 1 N–H and O–H groups in total. The SMILES string of the molecule is CC(C)SCc1cc(=O)[nH]c(SCCCOc2ccccc2)n1. The Hall–Kier alpha value is -1.40. The lowest BCUT2D eigenvalue weighted by Gasteiger charge is -2.07. The van der Waals surface area contributed by atoms with Crippen LogP contribution in [0.15, 0.2) is 46.3 Å². The maximum Gasteiger partial charge on any atom is 0.251 e. The summed E-state index contributed by atoms with van der Waals surface area (Å²) >= 11 is 3.35. The van der Waals surface area contributed by atoms with Crippen molar-refractivity contribution < 1.29 is 4.74 Å². The number of hydrogen-bond donors (Lipinski definition) is 1. The minimum absolute atomic E-state index is 0.0811. The van der Waals surface area contributed by atoms with Gasteiger partial charge in [-0.1, -0.05) is 43.8 Å². The number of benzene rings is 1. The molecule has 1 heterocycles. The molecule has 0 amide bonds. The number of rotatable bonds is 9. The summed E-state index contributed by atoms with van der Waals surface area (Å²) in [5.41, 5.74) is 0.762. The molecule has 0 aliphatic rings. The van der Waals surface area contributed by atoms with Crippen LogP contribution >= 0.6 is 23.5 Å². The van der Waals surface area contributed by atoms with Crippen molar-refractivity contribution in [2.75, 3.05) is 12.4 Å². The number of ether oxygens (including phenoxy) is 1. The first-order valence-electron chi connectivity index (χ1n) is 7.66. The van der Waals surface area contributed by atoms with Crippen molar-refractivity contribution in [3.63, 3.8) is 0 Å². The third-order valence-corrected chi connectivity index (χ3v) is 4.97. The monoisotopic (exact) mass is 350 g/mol. The van der Waals surface area contributed by atoms with Gasteiger partial charge in [0.05, 0.1) is 12.3 Å². The highest BCUT2D eigenvalue weighted by Gasteiger charge is 2.04. The van der Waals surface area contributed by atoms with Gasteiger partial charge < -0.3 is 9.72 Å². The molecule has 2 aromatic rings. The van der Waals surface area contributed by atoms with Crippen LogP contribution in [0.2, 0.25) is 0 Å². The van der Waals surface area contributed by atoms with E-state index in [9.17, 15) is 4.79 Å². The second-order valence-corrected chi connectivity index (χ2v) is 7.91. The highest BCUT2D eigenvalue weighted by atomic mass is 32.2. The van der Waals surface area contributed by atoms with Crippen molar-refractivity contribution in [3.8, 4) is 5.75 Å². The van der Waals surface area contributed by atoms with Crippen LogP contribution in [-0.4, -0.2) is 27.6 Å². The molecule has 0 spiro atoms. The van der Waals surface area contributed by atoms with Gasteiger partial charge in [0.15, 0.2) is 5.16 Å². The summed E-state index contributed by atoms with van der Waals surface area (Å²) in [7, 11) is 0. The molecule has 0 atom stereocenters. The summed E-state index contributed by atoms with van der Waals surface area (Å²) in [6.07, 6.45) is 0.897. The van der Waals surface area contributed by atoms with Crippen LogP contribution < -0.4 is 10.3 Å². The van der Waals surface area contributed by atoms with E-state index in [0.717, 1.165) is 29.4 Å². The second kappa shape index (κ2) is 9.67. The number of hydrogen-bond acceptors (Lipinski definition) is 5. The van der Waals surface area contributed by atoms with Crippen molar-refractivity contribution >= 4 is 23.5 Å². The van der Waals surface area contributed by atoms with Crippen LogP contribution in [0.5, 0.6) is 5.75 Å². The number of aromatic nitrogens is 2. The number of thioether (sulfide) groups is 2. The van der Waals surface area contributed by atoms with Gasteiger partial charge in [-0.15, -0.1) is 0 Å². The fourth-order valence-electron chi connectivity index (χ4n) is 1.81. The molecule has 0 bridgehead atoms. The number of H-pyrrole nitrogens is 1. The van der Waals surface area contributed by atoms with E-state index in [1.807, 2.05) is 30.3 Å². The van der Waals surface area contributed by atoms with Gasteiger partial charge in [0.1, 0.15) is 5.75 Å². The quantitative estimate of drug-likeness (QED) is 0.421. The van der Waals surface area contributed by atoms with Crippen molar-refractivity contribution in [2.45, 2.75) is 36.4 Å². The smallest absolute Gasteiger partial charge is 0.251 e. The topological polar surface area (TPSA) is 55.0 Å². The van der Waals surface area contributed by atoms with Crippen molar-refractivity contribution in [1.29, 1.82) is 0 Å². The first kappa shape index (κ1) is 17.9. The number of para-hydroxylation sites is 1. The summed E-state index contributed by atoms with van der Waals surface area (Å²) < 4.78 is 5.65. The van der Waals surface area contributed by atoms with E-state index in [4.69, 9.17) is 4.74 Å². The lowest BCUT2D eigenvalue weighted by Crippen LogP contribution is -2.10. The molecule has 0 saturated heterocycles. The van der Waals surface area contributed by atoms with E-state index in [0.29, 0.717) is 17.0 Å². The van der Waals surface area contributed by atoms with E-state index in [2.05, 4.69) is 23.8 Å². The van der Waals surface area contributed by atoms with Crippen LogP contribution in [0.1, 0.15) is 26.0 Å². The standard InChI is InChI=1S/C17H22N2O2S2/c1-13(2)23-12-14-11-16(20)19-17(18-14)22-10-6-9-21-15-7-4-3-5-8-15/h3-5,7-8,11,13H,6,9-10,12H2,1-2H3,(H,18,19,20). The van der Waals surface area contributed by atoms with Crippen LogP contribution in [0, 0.1) is 0 Å². The van der Waals surface area contributed by atoms with Gasteiger partial charge in [-0.05, 0) is 23.8 Å². The predicted octanol–water partition coefficient (Wildman–Crippen LogP) is 3.97. The minimum Gasteiger partial charge on any atom is -0.494 e. The van der Waals surface area contributed by atoms with E-state index in [1.54, 1.807) is 29.6 Å². The third-order valence-electron chi connectivity index (χ3n) is 2.88. The summed E-state index contributed by atoms with van der Waals surface area (Å²) in [5, 5.41) is 1.22. The lowest BCUT2D eigenvalue weighted by atomic mass is 10.3. The Labute approximate surface area is 145 Å². The highest BCUT2D eigenvalue weighted by Crippen LogP contribution is 2.18. The Morgan fingerprint density at radius 1 is 1.26 bits per heavy atom. The highest BCUT2D eigenvalue weighted by molar-refractivity contribution is 7.99. The van der Waals surface area contributed by atoms with Crippen LogP contribution in [0.4, 0.5) is 0 Å². The Bertz CT molecular complexity index is 645. The number of nitrogens with one attached hydrogen (secondary N) is 1. The molecule has 0 aliphatic carbocycles. The minimum atomic E-state index is -0.0811. The fraction of sp³-hybridized carbons (Fsp3) is 0.412. The molecule has 23 heavy (non-hydrogen) atoms. The van der Waals surface area contributed by atoms with Gasteiger partial charge in [-0.2, -0.15) is 11.8 Å². The maximum absolute atomic E-state index is 11.7. The molecule has 0 fully saturated rings. The Kier molecular flexibility index (Phi) is 7.55. The van der Waals surface area contributed by atoms with E-state index in [-0.39, 0.29) is 5.56 Å². The normalized spacial score (nSPS) is 10.9. The Morgan fingerprint density at radius 2 is 2.04 bits per heavy atom. The number of nitrogens with zero attached hydrogens (tertiary/aromatic N) is 1. The zero-order valence-electron chi connectivity index (χ0n) is 13.5. The fourth-order valence-corrected chi connectivity index (χ4v) is 3.27. The molecule has 2 rings (SSSR count). The first-order chi connectivity index (χ1) is 11.1. The molecule has 1 aromatic carbocycles. The van der Waals surface area contributed by atoms with Gasteiger partial charge in [0, 0.05) is 17.6 Å². The second-order valence-electron chi connectivity index (χ2n) is 5.27. The average Bonchev–Trinajstić information content (AvgIpc) is 2.53. The molecule has 1 aromatic heterocycles. The van der Waals surface area contributed by atoms with Gasteiger partial charge >= 0.3 is 0 Å². The van der Waals surface area contributed by atoms with Gasteiger partial charge in [-0.3, -0.25) is 4.79 Å². The summed E-state index contributed by atoms with van der Waals surface area (Å²) in [6, 6.07) is 11.4. The van der Waals surface area contributed by atoms with E-state index < -0.39 is 0 Å². The Morgan fingerprint density at radius 3 is 2.78 bits per heavy atom. The predicted molar refractivity (Wildman–Crippen MR) is 98.6 cm³/mol. The van der Waals surface area contributed by atoms with Gasteiger partial charge in [0.25, 0.3) is 5.56 Å². The van der Waals surface area contributed by atoms with Crippen molar-refractivity contribution in [3.05, 3.63) is 52.4 Å². The Balaban J connectivity index is 1.75. The molecule has 124 valence electrons. The van der Waals surface area contributed by atoms with E-state index in [1.165, 1.54) is 0 Å². The van der Waals surface area contributed by atoms with Gasteiger partial charge in [0.2, 0.25) is 0 Å². The molecule has 6 heteroatoms. The zero-order valence-corrected chi connectivity index (χ0v) is 15.1. The molecule has 0 radical (unpaired) electrons. The molecule has 0 unspecified atom stereocenters. The molecule has 0 saturated carbocycles. The summed E-state index contributed by atoms with van der Waals surface area (Å²) in [6.45, 7) is 4.94. The lowest BCUT2D eigenvalue weighted by molar-refractivity contribution is 0.318. The van der Waals surface area contributed by atoms with Crippen molar-refractivity contribution in [2.24, 2.45) is 0 Å². The average molecular weight is 351 g/mol. The number of aromatic amines is 1. The first-order valence-corrected chi connectivity index (χ1v) is 9.69. The largest absolute Gasteiger partial charge is 0.494 e. The maximum atomic E-state index is 11.7. The van der Waals surface area contributed by atoms with E-state index >= 15 is 0 Å². The molecule has 4 nitrogen and oxygen atoms in total. The molecule has 0 aliphatic heterocycles. The van der Waals surface area contributed by atoms with Gasteiger partial charge in [-0.25, -0.2) is 4.98 Å². The summed E-state index contributed by atoms with van der Waals surface area (Å²) in [4.78, 5) is 19.0. The van der Waals surface area contributed by atoms with Crippen LogP contribution in [-0.2, 0) is 5.75 Å². The molecular weight excluding hydrogens is 328 g/mol. The van der Waals surface area contributed by atoms with Crippen molar-refractivity contribution in [1.82, 2.24) is 9.97 Å². The zero-order chi connectivity index (χ0) is 16.5. The van der Waals surface area contributed by atoms with Crippen LogP contribution in [0.25, 0.3) is 0 Å². The third kappa shape index (κ3) is 7.14. The molecular formula is C17H22N2O2S2. The summed E-state index contributed by atoms with van der Waals surface area (Å²) in [5.74, 6) is 2.51. The van der Waals surface area contributed by atoms with Crippen LogP contribution in [0.3, 0.4) is 0 Å².